The number of aliphatic hydroxyl groups excluding tert-OH is 5. The lowest BCUT2D eigenvalue weighted by molar-refractivity contribution is -0.148. The summed E-state index contributed by atoms with van der Waals surface area (Å²) in [6.45, 7) is 22.3. The predicted molar refractivity (Wildman–Crippen MR) is 464 cm³/mol. The van der Waals surface area contributed by atoms with E-state index in [-0.39, 0.29) is 160 Å². The van der Waals surface area contributed by atoms with Crippen molar-refractivity contribution in [2.75, 3.05) is 6.61 Å². The molecule has 0 spiro atoms. The molecule has 0 aliphatic rings. The predicted octanol–water partition coefficient (Wildman–Crippen LogP) is 17.7. The van der Waals surface area contributed by atoms with Gasteiger partial charge in [-0.2, -0.15) is 0 Å². The minimum atomic E-state index is -1.57. The molecule has 0 fully saturated rings. The highest BCUT2D eigenvalue weighted by Gasteiger charge is 2.34. The molecule has 12 aromatic rings. The van der Waals surface area contributed by atoms with Crippen molar-refractivity contribution < 1.29 is 169 Å². The largest absolute Gasteiger partial charge is 0.463 e. The first-order chi connectivity index (χ1) is 63.3. The van der Waals surface area contributed by atoms with Crippen LogP contribution in [0, 0.1) is 0 Å². The van der Waals surface area contributed by atoms with Gasteiger partial charge in [-0.05, 0) is 153 Å². The molecule has 12 aromatic heterocycles. The summed E-state index contributed by atoms with van der Waals surface area (Å²) >= 11 is 0. The maximum Gasteiger partial charge on any atom is 0.306 e. The summed E-state index contributed by atoms with van der Waals surface area (Å²) < 4.78 is 99.5. The molecule has 12 rings (SSSR count). The van der Waals surface area contributed by atoms with Crippen molar-refractivity contribution in [1.82, 2.24) is 0 Å². The second-order valence-electron chi connectivity index (χ2n) is 28.2. The highest BCUT2D eigenvalue weighted by molar-refractivity contribution is 6.00. The fraction of sp³-hybridized carbons (Fsp3) is 0.381. The molecule has 0 aromatic carbocycles. The zero-order chi connectivity index (χ0) is 96.7. The Kier molecular flexibility index (Phi) is 44.2. The quantitative estimate of drug-likeness (QED) is 0.0135. The lowest BCUT2D eigenvalue weighted by atomic mass is 10.1. The second-order valence-corrected chi connectivity index (χ2v) is 28.2. The fourth-order valence-electron chi connectivity index (χ4n) is 11.2. The van der Waals surface area contributed by atoms with Gasteiger partial charge in [0, 0.05) is 84.7 Å². The molecule has 0 saturated heterocycles. The molecule has 0 saturated carbocycles. The van der Waals surface area contributed by atoms with E-state index >= 15 is 0 Å². The van der Waals surface area contributed by atoms with Gasteiger partial charge in [-0.3, -0.25) is 57.5 Å². The van der Waals surface area contributed by atoms with Crippen LogP contribution in [-0.2, 0) is 140 Å². The van der Waals surface area contributed by atoms with Crippen LogP contribution in [-0.4, -0.2) is 103 Å². The molecule has 0 amide bonds. The number of ketones is 6. The zero-order valence-electron chi connectivity index (χ0n) is 75.2. The highest BCUT2D eigenvalue weighted by atomic mass is 16.6. The summed E-state index contributed by atoms with van der Waals surface area (Å²) in [7, 11) is 0. The molecule has 6 atom stereocenters. The van der Waals surface area contributed by atoms with E-state index in [1.54, 1.807) is 82.3 Å². The fourth-order valence-corrected chi connectivity index (χ4v) is 11.2. The molecule has 0 radical (unpaired) electrons. The van der Waals surface area contributed by atoms with E-state index in [2.05, 4.69) is 0 Å². The third-order valence-corrected chi connectivity index (χ3v) is 18.5. The Labute approximate surface area is 764 Å². The van der Waals surface area contributed by atoms with Crippen LogP contribution in [0.2, 0.25) is 0 Å². The van der Waals surface area contributed by atoms with Crippen LogP contribution >= 0.6 is 0 Å². The van der Waals surface area contributed by atoms with E-state index in [1.165, 1.54) is 92.7 Å². The third kappa shape index (κ3) is 32.8. The number of carbonyl (C=O) groups is 12. The average molecular weight is 1850 g/mol. The van der Waals surface area contributed by atoms with Gasteiger partial charge in [0.1, 0.15) is 138 Å². The van der Waals surface area contributed by atoms with E-state index in [0.717, 1.165) is 42.3 Å². The number of esters is 6. The SMILES string of the molecule is C.CCC(=O)OCc1ccc(C(O)C(=O)c2ccc(CC)o2)o1.CCC(=O)OCc1ccc(C(O)C(=O)c2ccc(COC(C)=O)o2)o1.CCC(=O)OCc1ccc(C(OC(=O)CC)C(=O)c2ccc(COC(C)=O)o2)o1.CCOC(C(=O)c1ccc(CC)o1)c1ccc(CC)o1.CCc1ccc(C(=O)C(O)c2ccc(CC)o2)o1.CCc1ccc(C(=O)C(O)c2ccc(CO)o2)o1. The molecule has 36 heteroatoms. The van der Waals surface area contributed by atoms with Crippen LogP contribution in [0.1, 0.15) is 327 Å². The first kappa shape index (κ1) is 108. The van der Waals surface area contributed by atoms with Crippen LogP contribution in [0.15, 0.2) is 199 Å². The van der Waals surface area contributed by atoms with E-state index in [0.29, 0.717) is 72.0 Å². The van der Waals surface area contributed by atoms with E-state index in [1.807, 2.05) is 60.6 Å². The summed E-state index contributed by atoms with van der Waals surface area (Å²) in [5.74, 6) is 1.86. The summed E-state index contributed by atoms with van der Waals surface area (Å²) in [4.78, 5) is 140. The van der Waals surface area contributed by atoms with Crippen molar-refractivity contribution in [3.63, 3.8) is 0 Å². The van der Waals surface area contributed by atoms with Crippen LogP contribution < -0.4 is 0 Å². The van der Waals surface area contributed by atoms with Gasteiger partial charge in [0.15, 0.2) is 70.8 Å². The van der Waals surface area contributed by atoms with Crippen molar-refractivity contribution in [1.29, 1.82) is 0 Å². The maximum absolute atomic E-state index is 12.8. The van der Waals surface area contributed by atoms with Gasteiger partial charge in [0.25, 0.3) is 0 Å². The monoisotopic (exact) mass is 1850 g/mol. The molecule has 133 heavy (non-hydrogen) atoms. The van der Waals surface area contributed by atoms with Crippen LogP contribution in [0.3, 0.4) is 0 Å². The lowest BCUT2D eigenvalue weighted by Crippen LogP contribution is -2.19. The number of aryl methyl sites for hydroxylation is 6. The third-order valence-electron chi connectivity index (χ3n) is 18.5. The number of Topliss-reactive ketones (excluding diaryl/α,β-unsaturated/α-hetero) is 6. The van der Waals surface area contributed by atoms with E-state index in [4.69, 9.17) is 91.3 Å². The normalized spacial score (nSPS) is 12.0. The summed E-state index contributed by atoms with van der Waals surface area (Å²) in [5, 5.41) is 48.8. The number of aliphatic hydroxyl groups is 5. The van der Waals surface area contributed by atoms with Gasteiger partial charge in [-0.25, -0.2) is 0 Å². The van der Waals surface area contributed by atoms with Crippen molar-refractivity contribution in [2.45, 2.75) is 238 Å². The standard InChI is InChI=1S/C20H22O9.C17H18O8.C16H18O6.C16H20O4.C14H16O4.C13H14O5.CH4/c1-4-17(22)26-11-14-7-9-16(28-14)20(29-18(23)5-2)19(24)15-8-6-13(27-15)10-25-12(3)21;1-3-15(19)23-9-12-5-7-14(25-12)17(21)16(20)13-6-4-11(24-13)8-22-10(2)18;1-3-10-5-7-12(21-10)15(18)16(19)13-8-6-11(22-13)9-20-14(17)4-2;1-4-11-7-9-13(19-11)15(17)16(18-6-3)14-10-8-12(5-2)20-14;1-3-9-5-7-11(17-9)13(15)14(16)12-8-6-10(4-2)18-12;1-2-8-3-5-10(17-8)12(15)13(16)11-6-4-9(7-14)18-11;/h6-9,20H,4-5,10-11H2,1-3H3;4-7,17,21H,3,8-9H2,1-2H3;5-8,16,19H,3-4,9H2,1-2H3;7-10,16H,4-6H2,1-3H3;5-8,13,15H,3-4H2,1-2H3;3-6,13-14,16H,2,7H2,1H3;1H4. The van der Waals surface area contributed by atoms with Crippen molar-refractivity contribution in [3.05, 3.63) is 284 Å². The van der Waals surface area contributed by atoms with E-state index in [9.17, 15) is 78.0 Å². The summed E-state index contributed by atoms with van der Waals surface area (Å²) in [5.41, 5.74) is 0. The summed E-state index contributed by atoms with van der Waals surface area (Å²) in [6.07, 6.45) is -2.74. The van der Waals surface area contributed by atoms with E-state index < -0.39 is 89.4 Å². The molecule has 0 bridgehead atoms. The number of carbonyl (C=O) groups excluding carboxylic acids is 12. The number of furan rings is 12. The van der Waals surface area contributed by atoms with Gasteiger partial charge in [0.2, 0.25) is 40.8 Å². The zero-order valence-corrected chi connectivity index (χ0v) is 75.2. The molecular formula is C97H112O36. The van der Waals surface area contributed by atoms with Crippen LogP contribution in [0.25, 0.3) is 0 Å². The molecular weight excluding hydrogens is 1740 g/mol. The first-order valence-corrected chi connectivity index (χ1v) is 42.5. The Hall–Kier alpha value is -14.0. The van der Waals surface area contributed by atoms with Gasteiger partial charge in [-0.15, -0.1) is 0 Å². The van der Waals surface area contributed by atoms with Crippen molar-refractivity contribution in [3.8, 4) is 0 Å². The molecule has 36 nitrogen and oxygen atoms in total. The lowest BCUT2D eigenvalue weighted by Gasteiger charge is -2.13. The number of hydrogen-bond acceptors (Lipinski definition) is 36. The van der Waals surface area contributed by atoms with Gasteiger partial charge >= 0.3 is 35.8 Å². The molecule has 5 N–H and O–H groups in total. The number of hydrogen-bond donors (Lipinski definition) is 5. The van der Waals surface area contributed by atoms with Crippen LogP contribution in [0.4, 0.5) is 0 Å². The molecule has 0 aliphatic carbocycles. The smallest absolute Gasteiger partial charge is 0.306 e. The number of ether oxygens (including phenoxy) is 7. The number of rotatable bonds is 42. The Morgan fingerprint density at radius 2 is 0.466 bits per heavy atom. The van der Waals surface area contributed by atoms with Gasteiger partial charge < -0.3 is 112 Å². The average Bonchev–Trinajstić information content (AvgIpc) is 1.70. The van der Waals surface area contributed by atoms with Gasteiger partial charge in [-0.1, -0.05) is 76.7 Å². The van der Waals surface area contributed by atoms with Crippen LogP contribution in [0.5, 0.6) is 0 Å². The second kappa shape index (κ2) is 54.6. The minimum Gasteiger partial charge on any atom is -0.463 e. The first-order valence-electron chi connectivity index (χ1n) is 42.5. The molecule has 716 valence electrons. The molecule has 0 aliphatic heterocycles. The van der Waals surface area contributed by atoms with Gasteiger partial charge in [0.05, 0.1) is 0 Å². The summed E-state index contributed by atoms with van der Waals surface area (Å²) in [6, 6.07) is 37.9. The minimum absolute atomic E-state index is 0. The maximum atomic E-state index is 12.8. The molecule has 6 unspecified atom stereocenters. The Morgan fingerprint density at radius 3 is 0.737 bits per heavy atom. The molecule has 12 heterocycles. The Morgan fingerprint density at radius 1 is 0.256 bits per heavy atom. The van der Waals surface area contributed by atoms with Crippen molar-refractivity contribution >= 4 is 70.5 Å². The highest BCUT2D eigenvalue weighted by Crippen LogP contribution is 2.32. The van der Waals surface area contributed by atoms with Crippen molar-refractivity contribution in [2.24, 2.45) is 0 Å². The Balaban J connectivity index is 0.000000247. The Bertz CT molecular complexity index is 5580. The topological polar surface area (TPSA) is 528 Å².